The van der Waals surface area contributed by atoms with E-state index < -0.39 is 0 Å². The van der Waals surface area contributed by atoms with Gasteiger partial charge in [-0.2, -0.15) is 0 Å². The van der Waals surface area contributed by atoms with Gasteiger partial charge in [-0.3, -0.25) is 0 Å². The zero-order valence-electron chi connectivity index (χ0n) is 35.8. The molecule has 0 aliphatic rings. The molecule has 1 aromatic carbocycles. The van der Waals surface area contributed by atoms with Crippen LogP contribution in [0.1, 0.15) is 188 Å². The van der Waals surface area contributed by atoms with Crippen molar-refractivity contribution < 1.29 is 0 Å². The van der Waals surface area contributed by atoms with Crippen LogP contribution in [-0.2, 0) is 24.6 Å². The van der Waals surface area contributed by atoms with Gasteiger partial charge >= 0.3 is 0 Å². The molecule has 0 bridgehead atoms. The van der Waals surface area contributed by atoms with Crippen LogP contribution in [-0.4, -0.2) is 41.2 Å². The van der Waals surface area contributed by atoms with Gasteiger partial charge in [0.2, 0.25) is 0 Å². The lowest BCUT2D eigenvalue weighted by molar-refractivity contribution is 0.697. The predicted octanol–water partition coefficient (Wildman–Crippen LogP) is 16.0. The molecule has 0 aliphatic heterocycles. The molecule has 0 heterocycles. The van der Waals surface area contributed by atoms with Gasteiger partial charge in [-0.25, -0.2) is 0 Å². The summed E-state index contributed by atoms with van der Waals surface area (Å²) in [5.74, 6) is 0. The van der Waals surface area contributed by atoms with Gasteiger partial charge in [0.25, 0.3) is 0 Å². The van der Waals surface area contributed by atoms with Gasteiger partial charge in [-0.15, -0.1) is 0 Å². The molecule has 1 aromatic rings. The maximum Gasteiger partial charge on any atom is -0.00607 e. The van der Waals surface area contributed by atoms with Crippen LogP contribution in [0, 0.1) is 0 Å². The maximum absolute atomic E-state index is 2.81. The summed E-state index contributed by atoms with van der Waals surface area (Å²) in [4.78, 5) is 0. The third-order valence-corrected chi connectivity index (χ3v) is 24.9. The van der Waals surface area contributed by atoms with Crippen LogP contribution < -0.4 is 0 Å². The van der Waals surface area contributed by atoms with Crippen molar-refractivity contribution in [3.63, 3.8) is 0 Å². The lowest BCUT2D eigenvalue weighted by Gasteiger charge is -2.45. The van der Waals surface area contributed by atoms with Crippen LogP contribution in [0.2, 0.25) is 0 Å². The Morgan fingerprint density at radius 1 is 0.261 bits per heavy atom. The van der Waals surface area contributed by atoms with Crippen molar-refractivity contribution in [2.24, 2.45) is 0 Å². The topological polar surface area (TPSA) is 0 Å². The fourth-order valence-corrected chi connectivity index (χ4v) is 22.4. The minimum absolute atomic E-state index is 0.241. The molecule has 0 aromatic heterocycles. The third-order valence-electron chi connectivity index (χ3n) is 9.31. The van der Waals surface area contributed by atoms with E-state index >= 15 is 0 Å². The number of rotatable bonds is 8. The second kappa shape index (κ2) is 14.9. The maximum atomic E-state index is 2.81. The molecule has 4 heteroatoms. The SMILES string of the molecule is CC(C)(C)P(Cc1cc(CP(C(C)(C)C)C(C)(C)C)c(CP(C(C)(C)C)C(C)(C)C)cc1CP(C(C)(C)C)C(C)(C)C)C(C)(C)C. The first-order valence-electron chi connectivity index (χ1n) is 18.1. The van der Waals surface area contributed by atoms with E-state index in [-0.39, 0.29) is 31.7 Å². The largest absolute Gasteiger partial charge is 0.0911 e. The first kappa shape index (κ1) is 45.0. The van der Waals surface area contributed by atoms with Crippen molar-refractivity contribution in [3.05, 3.63) is 34.4 Å². The molecule has 0 saturated carbocycles. The molecule has 0 spiro atoms. The van der Waals surface area contributed by atoms with Crippen molar-refractivity contribution in [1.82, 2.24) is 0 Å². The fraction of sp³-hybridized carbons (Fsp3) is 0.857. The normalized spacial score (nSPS) is 15.2. The fourth-order valence-electron chi connectivity index (χ4n) is 7.98. The van der Waals surface area contributed by atoms with Crippen LogP contribution in [0.15, 0.2) is 12.1 Å². The minimum Gasteiger partial charge on any atom is -0.0911 e. The van der Waals surface area contributed by atoms with Gasteiger partial charge in [0.05, 0.1) is 0 Å². The van der Waals surface area contributed by atoms with E-state index in [0.717, 1.165) is 0 Å². The summed E-state index contributed by atoms with van der Waals surface area (Å²) < 4.78 is 0. The molecule has 0 N–H and O–H groups in total. The van der Waals surface area contributed by atoms with Gasteiger partial charge in [-0.05, 0) is 88.2 Å². The lowest BCUT2D eigenvalue weighted by Crippen LogP contribution is -2.28. The summed E-state index contributed by atoms with van der Waals surface area (Å²) in [5.41, 5.74) is 6.74. The minimum atomic E-state index is -0.241. The Balaban J connectivity index is 4.31. The van der Waals surface area contributed by atoms with E-state index in [1.807, 2.05) is 0 Å². The number of benzene rings is 1. The summed E-state index contributed by atoms with van der Waals surface area (Å²) in [5, 5.41) is 2.43. The van der Waals surface area contributed by atoms with Crippen LogP contribution in [0.25, 0.3) is 0 Å². The molecule has 0 nitrogen and oxygen atoms in total. The standard InChI is InChI=1S/C42H82P4/c1-35(2,3)43(36(4,5)6)27-31-25-33(29-45(39(13,14)15)40(16,17)18)34(30-46(41(19,20)21)42(22,23)24)26-32(31)28-44(37(7,8)9)38(10,11)12/h25-26H,27-30H2,1-24H3. The average molecular weight is 711 g/mol. The Kier molecular flexibility index (Phi) is 14.6. The third kappa shape index (κ3) is 13.2. The Bertz CT molecular complexity index is 886. The van der Waals surface area contributed by atoms with Crippen LogP contribution >= 0.6 is 31.7 Å². The van der Waals surface area contributed by atoms with Gasteiger partial charge in [-0.1, -0.05) is 210 Å². The smallest absolute Gasteiger partial charge is 0.00607 e. The highest BCUT2D eigenvalue weighted by molar-refractivity contribution is 7.61. The summed E-state index contributed by atoms with van der Waals surface area (Å²) in [6, 6.07) is 5.62. The molecule has 270 valence electrons. The van der Waals surface area contributed by atoms with Gasteiger partial charge in [0.15, 0.2) is 0 Å². The van der Waals surface area contributed by atoms with Gasteiger partial charge in [0, 0.05) is 0 Å². The summed E-state index contributed by atoms with van der Waals surface area (Å²) in [7, 11) is -0.965. The molecule has 1 rings (SSSR count). The number of hydrogen-bond donors (Lipinski definition) is 0. The van der Waals surface area contributed by atoms with Crippen molar-refractivity contribution >= 4 is 31.7 Å². The van der Waals surface area contributed by atoms with E-state index in [4.69, 9.17) is 0 Å². The molecular weight excluding hydrogens is 628 g/mol. The van der Waals surface area contributed by atoms with Gasteiger partial charge in [0.1, 0.15) is 0 Å². The molecular formula is C42H82P4. The Morgan fingerprint density at radius 3 is 0.457 bits per heavy atom. The van der Waals surface area contributed by atoms with E-state index in [1.54, 1.807) is 22.3 Å². The van der Waals surface area contributed by atoms with Crippen molar-refractivity contribution in [3.8, 4) is 0 Å². The highest BCUT2D eigenvalue weighted by atomic mass is 31.1. The summed E-state index contributed by atoms with van der Waals surface area (Å²) in [6.45, 7) is 60.2. The molecule has 0 unspecified atom stereocenters. The van der Waals surface area contributed by atoms with E-state index in [9.17, 15) is 0 Å². The highest BCUT2D eigenvalue weighted by Crippen LogP contribution is 2.67. The second-order valence-corrected chi connectivity index (χ2v) is 37.5. The molecule has 0 amide bonds. The van der Waals surface area contributed by atoms with E-state index in [0.29, 0.717) is 41.2 Å². The van der Waals surface area contributed by atoms with E-state index in [1.165, 1.54) is 24.6 Å². The molecule has 46 heavy (non-hydrogen) atoms. The lowest BCUT2D eigenvalue weighted by atomic mass is 10.0. The van der Waals surface area contributed by atoms with Crippen molar-refractivity contribution in [2.75, 3.05) is 0 Å². The zero-order chi connectivity index (χ0) is 36.9. The Morgan fingerprint density at radius 2 is 0.370 bits per heavy atom. The number of hydrogen-bond acceptors (Lipinski definition) is 0. The summed E-state index contributed by atoms with van der Waals surface area (Å²) >= 11 is 0. The van der Waals surface area contributed by atoms with Crippen molar-refractivity contribution in [1.29, 1.82) is 0 Å². The highest BCUT2D eigenvalue weighted by Gasteiger charge is 2.40. The zero-order valence-corrected chi connectivity index (χ0v) is 39.3. The monoisotopic (exact) mass is 711 g/mol. The summed E-state index contributed by atoms with van der Waals surface area (Å²) in [6.07, 6.45) is 4.94. The average Bonchev–Trinajstić information content (AvgIpc) is 2.72. The van der Waals surface area contributed by atoms with Crippen LogP contribution in [0.4, 0.5) is 0 Å². The quantitative estimate of drug-likeness (QED) is 0.236. The molecule has 0 saturated heterocycles. The second-order valence-electron chi connectivity index (χ2n) is 22.1. The molecule has 0 atom stereocenters. The van der Waals surface area contributed by atoms with Crippen molar-refractivity contribution in [2.45, 2.75) is 232 Å². The molecule has 0 radical (unpaired) electrons. The molecule has 0 aliphatic carbocycles. The molecule has 0 fully saturated rings. The first-order chi connectivity index (χ1) is 19.9. The van der Waals surface area contributed by atoms with Crippen LogP contribution in [0.5, 0.6) is 0 Å². The van der Waals surface area contributed by atoms with Gasteiger partial charge < -0.3 is 0 Å². The van der Waals surface area contributed by atoms with E-state index in [2.05, 4.69) is 178 Å². The predicted molar refractivity (Wildman–Crippen MR) is 227 cm³/mol. The first-order valence-corrected chi connectivity index (χ1v) is 24.2. The van der Waals surface area contributed by atoms with Crippen LogP contribution in [0.3, 0.4) is 0 Å². The Labute approximate surface area is 297 Å². The Hall–Kier alpha value is 0.940.